The third-order valence-corrected chi connectivity index (χ3v) is 3.38. The number of aliphatic hydroxyl groups excluding tert-OH is 1. The van der Waals surface area contributed by atoms with Crippen molar-refractivity contribution in [2.45, 2.75) is 32.2 Å². The lowest BCUT2D eigenvalue weighted by Crippen LogP contribution is -2.47. The van der Waals surface area contributed by atoms with Gasteiger partial charge in [-0.05, 0) is 38.3 Å². The van der Waals surface area contributed by atoms with E-state index >= 15 is 0 Å². The maximum absolute atomic E-state index is 12.3. The molecule has 0 aliphatic carbocycles. The van der Waals surface area contributed by atoms with E-state index in [1.54, 1.807) is 24.0 Å². The van der Waals surface area contributed by atoms with Crippen LogP contribution in [0.3, 0.4) is 0 Å². The molecule has 1 unspecified atom stereocenters. The van der Waals surface area contributed by atoms with Gasteiger partial charge in [-0.25, -0.2) is 0 Å². The molecule has 1 aliphatic rings. The molecule has 0 radical (unpaired) electrons. The Labute approximate surface area is 105 Å². The van der Waals surface area contributed by atoms with Crippen molar-refractivity contribution in [3.05, 3.63) is 33.7 Å². The first-order valence-corrected chi connectivity index (χ1v) is 6.25. The number of carbonyl (C=O) groups is 1. The molecular formula is C13H18N2O3. The minimum absolute atomic E-state index is 0.0461. The number of nitrogens with zero attached hydrogens (tertiary/aromatic N) is 1. The number of hydrogen-bond donors (Lipinski definition) is 2. The van der Waals surface area contributed by atoms with Gasteiger partial charge in [0.05, 0.1) is 12.6 Å². The zero-order valence-corrected chi connectivity index (χ0v) is 10.5. The van der Waals surface area contributed by atoms with E-state index in [4.69, 9.17) is 0 Å². The van der Waals surface area contributed by atoms with Gasteiger partial charge in [0.1, 0.15) is 5.56 Å². The largest absolute Gasteiger partial charge is 0.394 e. The quantitative estimate of drug-likeness (QED) is 0.810. The lowest BCUT2D eigenvalue weighted by atomic mass is 10.0. The van der Waals surface area contributed by atoms with Crippen molar-refractivity contribution in [2.24, 2.45) is 0 Å². The van der Waals surface area contributed by atoms with Gasteiger partial charge in [0.15, 0.2) is 0 Å². The van der Waals surface area contributed by atoms with Crippen molar-refractivity contribution in [1.82, 2.24) is 9.88 Å². The lowest BCUT2D eigenvalue weighted by molar-refractivity contribution is 0.0501. The van der Waals surface area contributed by atoms with Gasteiger partial charge < -0.3 is 15.0 Å². The lowest BCUT2D eigenvalue weighted by Gasteiger charge is -2.34. The Morgan fingerprint density at radius 1 is 1.50 bits per heavy atom. The number of nitrogens with one attached hydrogen (secondary N) is 1. The van der Waals surface area contributed by atoms with Crippen LogP contribution in [0, 0.1) is 6.92 Å². The number of hydrogen-bond acceptors (Lipinski definition) is 3. The number of aromatic amines is 1. The van der Waals surface area contributed by atoms with Crippen molar-refractivity contribution < 1.29 is 9.90 Å². The molecule has 1 fully saturated rings. The molecule has 5 nitrogen and oxygen atoms in total. The highest BCUT2D eigenvalue weighted by Gasteiger charge is 2.28. The normalized spacial score (nSPS) is 19.9. The van der Waals surface area contributed by atoms with Crippen LogP contribution in [0.5, 0.6) is 0 Å². The van der Waals surface area contributed by atoms with Gasteiger partial charge in [0, 0.05) is 12.2 Å². The average Bonchev–Trinajstić information content (AvgIpc) is 2.38. The number of piperidine rings is 1. The van der Waals surface area contributed by atoms with Crippen molar-refractivity contribution in [2.75, 3.05) is 13.2 Å². The first kappa shape index (κ1) is 12.8. The highest BCUT2D eigenvalue weighted by molar-refractivity contribution is 5.94. The molecule has 2 heterocycles. The predicted octanol–water partition coefficient (Wildman–Crippen LogP) is 0.670. The molecule has 1 aromatic heterocycles. The van der Waals surface area contributed by atoms with Crippen LogP contribution in [0.25, 0.3) is 0 Å². The Morgan fingerprint density at radius 2 is 2.28 bits per heavy atom. The summed E-state index contributed by atoms with van der Waals surface area (Å²) in [6.07, 6.45) is 2.73. The first-order valence-electron chi connectivity index (χ1n) is 6.25. The maximum Gasteiger partial charge on any atom is 0.260 e. The summed E-state index contributed by atoms with van der Waals surface area (Å²) in [5.74, 6) is -0.282. The molecule has 2 rings (SSSR count). The minimum Gasteiger partial charge on any atom is -0.394 e. The molecule has 18 heavy (non-hydrogen) atoms. The summed E-state index contributed by atoms with van der Waals surface area (Å²) < 4.78 is 0. The molecule has 0 bridgehead atoms. The summed E-state index contributed by atoms with van der Waals surface area (Å²) in [5.41, 5.74) is 0.525. The zero-order chi connectivity index (χ0) is 13.1. The predicted molar refractivity (Wildman–Crippen MR) is 67.6 cm³/mol. The molecule has 5 heteroatoms. The standard InChI is InChI=1S/C13H18N2O3/c1-9-5-6-11(12(17)14-9)13(18)15-7-3-2-4-10(15)8-16/h5-6,10,16H,2-4,7-8H2,1H3,(H,14,17). The molecule has 2 N–H and O–H groups in total. The van der Waals surface area contributed by atoms with Gasteiger partial charge in [0.2, 0.25) is 0 Å². The molecule has 98 valence electrons. The number of aryl methyl sites for hydroxylation is 1. The van der Waals surface area contributed by atoms with Crippen molar-refractivity contribution in [3.8, 4) is 0 Å². The van der Waals surface area contributed by atoms with Gasteiger partial charge >= 0.3 is 0 Å². The van der Waals surface area contributed by atoms with E-state index in [-0.39, 0.29) is 29.7 Å². The molecule has 1 amide bonds. The summed E-state index contributed by atoms with van der Waals surface area (Å²) in [4.78, 5) is 28.3. The molecule has 0 aromatic carbocycles. The second-order valence-electron chi connectivity index (χ2n) is 4.71. The summed E-state index contributed by atoms with van der Waals surface area (Å²) in [6.45, 7) is 2.33. The second kappa shape index (κ2) is 5.35. The highest BCUT2D eigenvalue weighted by Crippen LogP contribution is 2.18. The van der Waals surface area contributed by atoms with Crippen LogP contribution in [0.2, 0.25) is 0 Å². The summed E-state index contributed by atoms with van der Waals surface area (Å²) in [7, 11) is 0. The van der Waals surface area contributed by atoms with Crippen molar-refractivity contribution >= 4 is 5.91 Å². The molecule has 1 saturated heterocycles. The van der Waals surface area contributed by atoms with Crippen molar-refractivity contribution in [3.63, 3.8) is 0 Å². The monoisotopic (exact) mass is 250 g/mol. The van der Waals surface area contributed by atoms with Gasteiger partial charge in [-0.15, -0.1) is 0 Å². The van der Waals surface area contributed by atoms with E-state index in [0.717, 1.165) is 25.0 Å². The molecule has 1 aromatic rings. The highest BCUT2D eigenvalue weighted by atomic mass is 16.3. The molecular weight excluding hydrogens is 232 g/mol. The Balaban J connectivity index is 2.27. The van der Waals surface area contributed by atoms with Gasteiger partial charge in [0.25, 0.3) is 11.5 Å². The number of amides is 1. The first-order chi connectivity index (χ1) is 8.63. The topological polar surface area (TPSA) is 73.4 Å². The maximum atomic E-state index is 12.3. The number of rotatable bonds is 2. The summed E-state index contributed by atoms with van der Waals surface area (Å²) >= 11 is 0. The van der Waals surface area contributed by atoms with Crippen LogP contribution >= 0.6 is 0 Å². The Hall–Kier alpha value is -1.62. The number of pyridine rings is 1. The number of likely N-dealkylation sites (tertiary alicyclic amines) is 1. The number of H-pyrrole nitrogens is 1. The van der Waals surface area contributed by atoms with Gasteiger partial charge in [-0.3, -0.25) is 9.59 Å². The fourth-order valence-corrected chi connectivity index (χ4v) is 2.35. The van der Waals surface area contributed by atoms with Crippen LogP contribution in [0.4, 0.5) is 0 Å². The van der Waals surface area contributed by atoms with E-state index in [0.29, 0.717) is 6.54 Å². The molecule has 0 saturated carbocycles. The van der Waals surface area contributed by atoms with E-state index in [2.05, 4.69) is 4.98 Å². The van der Waals surface area contributed by atoms with E-state index in [1.807, 2.05) is 0 Å². The number of aromatic nitrogens is 1. The fourth-order valence-electron chi connectivity index (χ4n) is 2.35. The zero-order valence-electron chi connectivity index (χ0n) is 10.5. The molecule has 1 aliphatic heterocycles. The van der Waals surface area contributed by atoms with Crippen LogP contribution < -0.4 is 5.56 Å². The summed E-state index contributed by atoms with van der Waals surface area (Å²) in [5, 5.41) is 9.29. The Kier molecular flexibility index (Phi) is 3.81. The van der Waals surface area contributed by atoms with Crippen LogP contribution in [0.1, 0.15) is 35.3 Å². The Bertz CT molecular complexity index is 495. The molecule has 1 atom stereocenters. The number of aliphatic hydroxyl groups is 1. The van der Waals surface area contributed by atoms with Gasteiger partial charge in [-0.2, -0.15) is 0 Å². The van der Waals surface area contributed by atoms with Crippen LogP contribution in [-0.4, -0.2) is 40.1 Å². The molecule has 0 spiro atoms. The van der Waals surface area contributed by atoms with Gasteiger partial charge in [-0.1, -0.05) is 0 Å². The van der Waals surface area contributed by atoms with Crippen LogP contribution in [-0.2, 0) is 0 Å². The number of carbonyl (C=O) groups excluding carboxylic acids is 1. The van der Waals surface area contributed by atoms with E-state index < -0.39 is 0 Å². The minimum atomic E-state index is -0.359. The van der Waals surface area contributed by atoms with E-state index in [9.17, 15) is 14.7 Å². The smallest absolute Gasteiger partial charge is 0.260 e. The SMILES string of the molecule is Cc1ccc(C(=O)N2CCCCC2CO)c(=O)[nH]1. The summed E-state index contributed by atoms with van der Waals surface area (Å²) in [6, 6.07) is 3.11. The second-order valence-corrected chi connectivity index (χ2v) is 4.71. The third kappa shape index (κ3) is 2.46. The fraction of sp³-hybridized carbons (Fsp3) is 0.538. The van der Waals surface area contributed by atoms with Crippen molar-refractivity contribution in [1.29, 1.82) is 0 Å². The van der Waals surface area contributed by atoms with E-state index in [1.165, 1.54) is 0 Å². The third-order valence-electron chi connectivity index (χ3n) is 3.38. The average molecular weight is 250 g/mol. The Morgan fingerprint density at radius 3 is 2.94 bits per heavy atom. The van der Waals surface area contributed by atoms with Crippen LogP contribution in [0.15, 0.2) is 16.9 Å².